The molecule has 3 aliphatic rings. The van der Waals surface area contributed by atoms with Crippen molar-refractivity contribution in [1.29, 1.82) is 0 Å². The van der Waals surface area contributed by atoms with Crippen LogP contribution in [0.3, 0.4) is 0 Å². The van der Waals surface area contributed by atoms with Crippen molar-refractivity contribution in [2.75, 3.05) is 0 Å². The molecule has 0 saturated carbocycles. The number of ketones is 2. The quantitative estimate of drug-likeness (QED) is 0.629. The van der Waals surface area contributed by atoms with E-state index in [0.29, 0.717) is 34.8 Å². The summed E-state index contributed by atoms with van der Waals surface area (Å²) in [5.41, 5.74) is 3.08. The van der Waals surface area contributed by atoms with Gasteiger partial charge in [-0.1, -0.05) is 39.0 Å². The highest BCUT2D eigenvalue weighted by molar-refractivity contribution is 8.00. The van der Waals surface area contributed by atoms with Crippen molar-refractivity contribution in [1.82, 2.24) is 15.5 Å². The van der Waals surface area contributed by atoms with Gasteiger partial charge in [0, 0.05) is 35.4 Å². The highest BCUT2D eigenvalue weighted by Crippen LogP contribution is 2.51. The van der Waals surface area contributed by atoms with Gasteiger partial charge < -0.3 is 9.73 Å². The summed E-state index contributed by atoms with van der Waals surface area (Å²) in [6.07, 6.45) is 2.50. The van der Waals surface area contributed by atoms with Crippen LogP contribution < -0.4 is 5.32 Å². The van der Waals surface area contributed by atoms with Crippen molar-refractivity contribution in [3.8, 4) is 0 Å². The van der Waals surface area contributed by atoms with Crippen LogP contribution in [0.5, 0.6) is 0 Å². The number of hydrogen-bond donors (Lipinski definition) is 1. The van der Waals surface area contributed by atoms with Crippen LogP contribution in [0.1, 0.15) is 70.1 Å². The van der Waals surface area contributed by atoms with E-state index in [4.69, 9.17) is 4.42 Å². The monoisotopic (exact) mass is 469 g/mol. The molecule has 2 aromatic heterocycles. The summed E-state index contributed by atoms with van der Waals surface area (Å²) >= 11 is 2.92. The lowest BCUT2D eigenvalue weighted by Gasteiger charge is -2.43. The lowest BCUT2D eigenvalue weighted by Crippen LogP contribution is -2.42. The van der Waals surface area contributed by atoms with Crippen molar-refractivity contribution in [3.05, 3.63) is 45.4 Å². The van der Waals surface area contributed by atoms with Crippen LogP contribution in [-0.4, -0.2) is 21.8 Å². The second-order valence-corrected chi connectivity index (χ2v) is 13.0. The first-order chi connectivity index (χ1) is 15.0. The first-order valence-electron chi connectivity index (χ1n) is 10.9. The maximum atomic E-state index is 13.3. The maximum Gasteiger partial charge on any atom is 0.181 e. The predicted octanol–water partition coefficient (Wildman–Crippen LogP) is 5.56. The van der Waals surface area contributed by atoms with Gasteiger partial charge in [-0.05, 0) is 54.5 Å². The number of Topliss-reactive ketones (excluding diaryl/α,β-unsaturated/α-hetero) is 2. The number of nitrogens with one attached hydrogen (secondary N) is 1. The molecule has 0 atom stereocenters. The fourth-order valence-corrected chi connectivity index (χ4v) is 6.84. The van der Waals surface area contributed by atoms with Crippen LogP contribution in [0.15, 0.2) is 48.5 Å². The molecule has 5 rings (SSSR count). The third-order valence-corrected chi connectivity index (χ3v) is 8.11. The second kappa shape index (κ2) is 7.42. The minimum atomic E-state index is -0.445. The summed E-state index contributed by atoms with van der Waals surface area (Å²) in [7, 11) is 0. The maximum absolute atomic E-state index is 13.3. The molecule has 0 radical (unpaired) electrons. The SMILES string of the molecule is Cc1nnc(Sc2ccc(C3C4=C(CC(C)(C)CC4=O)NC4=C3C(=O)CC(C)(C)C4)o2)s1. The Morgan fingerprint density at radius 2 is 1.56 bits per heavy atom. The standard InChI is InChI=1S/C24H27N3O3S2/c1-12-26-27-22(31-12)32-18-7-6-17(30-18)21-19-13(8-23(2,3)10-15(19)28)25-14-9-24(4,5)11-16(29)20(14)21/h6-7,21,25H,8-11H2,1-5H3. The number of aromatic nitrogens is 2. The van der Waals surface area contributed by atoms with Gasteiger partial charge in [-0.3, -0.25) is 9.59 Å². The fourth-order valence-electron chi connectivity index (χ4n) is 5.12. The fraction of sp³-hybridized carbons (Fsp3) is 0.500. The Labute approximate surface area is 195 Å². The molecule has 0 bridgehead atoms. The summed E-state index contributed by atoms with van der Waals surface area (Å²) < 4.78 is 7.04. The number of nitrogens with zero attached hydrogens (tertiary/aromatic N) is 2. The lowest BCUT2D eigenvalue weighted by molar-refractivity contribution is -0.119. The van der Waals surface area contributed by atoms with Crippen LogP contribution in [0.2, 0.25) is 0 Å². The normalized spacial score (nSPS) is 22.7. The topological polar surface area (TPSA) is 85.1 Å². The summed E-state index contributed by atoms with van der Waals surface area (Å²) in [6, 6.07) is 3.80. The first-order valence-corrected chi connectivity index (χ1v) is 12.5. The smallest absolute Gasteiger partial charge is 0.181 e. The van der Waals surface area contributed by atoms with Crippen LogP contribution in [0.4, 0.5) is 0 Å². The molecule has 1 aliphatic heterocycles. The Balaban J connectivity index is 1.59. The van der Waals surface area contributed by atoms with Crippen molar-refractivity contribution in [3.63, 3.8) is 0 Å². The molecule has 0 fully saturated rings. The van der Waals surface area contributed by atoms with Crippen molar-refractivity contribution in [2.45, 2.75) is 75.7 Å². The zero-order chi connectivity index (χ0) is 22.8. The number of rotatable bonds is 3. The third kappa shape index (κ3) is 3.88. The molecule has 1 N–H and O–H groups in total. The van der Waals surface area contributed by atoms with Gasteiger partial charge in [-0.2, -0.15) is 0 Å². The third-order valence-electron chi connectivity index (χ3n) is 6.30. The van der Waals surface area contributed by atoms with E-state index in [1.54, 1.807) is 0 Å². The van der Waals surface area contributed by atoms with Crippen LogP contribution >= 0.6 is 23.1 Å². The molecular formula is C24H27N3O3S2. The van der Waals surface area contributed by atoms with Crippen molar-refractivity contribution < 1.29 is 14.0 Å². The second-order valence-electron chi connectivity index (χ2n) is 10.6. The van der Waals surface area contributed by atoms with Gasteiger partial charge in [0.2, 0.25) is 0 Å². The molecule has 0 amide bonds. The minimum Gasteiger partial charge on any atom is -0.453 e. The highest BCUT2D eigenvalue weighted by Gasteiger charge is 2.47. The number of carbonyl (C=O) groups is 2. The van der Waals surface area contributed by atoms with Crippen LogP contribution in [0, 0.1) is 17.8 Å². The number of hydrogen-bond acceptors (Lipinski definition) is 8. The summed E-state index contributed by atoms with van der Waals surface area (Å²) in [6.45, 7) is 10.4. The minimum absolute atomic E-state index is 0.100. The molecule has 0 aromatic carbocycles. The predicted molar refractivity (Wildman–Crippen MR) is 123 cm³/mol. The lowest BCUT2D eigenvalue weighted by atomic mass is 9.65. The van der Waals surface area contributed by atoms with E-state index in [1.807, 2.05) is 19.1 Å². The average Bonchev–Trinajstić information content (AvgIpc) is 3.27. The van der Waals surface area contributed by atoms with Gasteiger partial charge in [0.05, 0.1) is 5.92 Å². The molecule has 0 spiro atoms. The zero-order valence-corrected chi connectivity index (χ0v) is 20.6. The summed E-state index contributed by atoms with van der Waals surface area (Å²) in [4.78, 5) is 26.7. The number of allylic oxidation sites excluding steroid dienone is 4. The van der Waals surface area contributed by atoms with Gasteiger partial charge in [0.15, 0.2) is 21.0 Å². The van der Waals surface area contributed by atoms with Crippen LogP contribution in [0.25, 0.3) is 0 Å². The van der Waals surface area contributed by atoms with E-state index in [0.717, 1.165) is 33.6 Å². The Morgan fingerprint density at radius 3 is 2.09 bits per heavy atom. The number of furan rings is 1. The molecule has 3 heterocycles. The van der Waals surface area contributed by atoms with Gasteiger partial charge in [0.25, 0.3) is 0 Å². The molecule has 2 aliphatic carbocycles. The largest absolute Gasteiger partial charge is 0.453 e. The van der Waals surface area contributed by atoms with E-state index >= 15 is 0 Å². The van der Waals surface area contributed by atoms with Gasteiger partial charge in [-0.25, -0.2) is 0 Å². The highest BCUT2D eigenvalue weighted by atomic mass is 32.2. The van der Waals surface area contributed by atoms with E-state index in [-0.39, 0.29) is 22.4 Å². The molecule has 0 unspecified atom stereocenters. The molecule has 168 valence electrons. The molecule has 32 heavy (non-hydrogen) atoms. The molecule has 0 saturated heterocycles. The van der Waals surface area contributed by atoms with Gasteiger partial charge in [-0.15, -0.1) is 10.2 Å². The Hall–Kier alpha value is -2.19. The van der Waals surface area contributed by atoms with Crippen molar-refractivity contribution >= 4 is 34.7 Å². The van der Waals surface area contributed by atoms with E-state index in [9.17, 15) is 9.59 Å². The number of aryl methyl sites for hydroxylation is 1. The van der Waals surface area contributed by atoms with Gasteiger partial charge >= 0.3 is 0 Å². The molecule has 6 nitrogen and oxygen atoms in total. The Bertz CT molecular complexity index is 1150. The molecule has 2 aromatic rings. The zero-order valence-electron chi connectivity index (χ0n) is 19.0. The number of carbonyl (C=O) groups excluding carboxylic acids is 2. The first kappa shape index (κ1) is 21.6. The Kier molecular flexibility index (Phi) is 5.02. The van der Waals surface area contributed by atoms with E-state index in [2.05, 4.69) is 43.2 Å². The average molecular weight is 470 g/mol. The summed E-state index contributed by atoms with van der Waals surface area (Å²) in [5, 5.41) is 13.3. The number of dihydropyridines is 1. The summed E-state index contributed by atoms with van der Waals surface area (Å²) in [5.74, 6) is 0.405. The van der Waals surface area contributed by atoms with Crippen molar-refractivity contribution in [2.24, 2.45) is 10.8 Å². The van der Waals surface area contributed by atoms with E-state index < -0.39 is 5.92 Å². The molecular weight excluding hydrogens is 442 g/mol. The Morgan fingerprint density at radius 1 is 0.969 bits per heavy atom. The van der Waals surface area contributed by atoms with E-state index in [1.165, 1.54) is 23.1 Å². The van der Waals surface area contributed by atoms with Crippen LogP contribution in [-0.2, 0) is 9.59 Å². The van der Waals surface area contributed by atoms with Gasteiger partial charge in [0.1, 0.15) is 10.8 Å². The molecule has 8 heteroatoms.